The van der Waals surface area contributed by atoms with E-state index in [2.05, 4.69) is 5.32 Å². The summed E-state index contributed by atoms with van der Waals surface area (Å²) in [5.74, 6) is -1.57. The number of nitrogens with one attached hydrogen (secondary N) is 1. The lowest BCUT2D eigenvalue weighted by molar-refractivity contribution is -0.137. The molecule has 1 rings (SSSR count). The molecule has 1 aromatic carbocycles. The highest BCUT2D eigenvalue weighted by Gasteiger charge is 2.15. The third-order valence-corrected chi connectivity index (χ3v) is 4.70. The fourth-order valence-corrected chi connectivity index (χ4v) is 2.66. The Morgan fingerprint density at radius 1 is 1.33 bits per heavy atom. The SMILES string of the molecule is CCS(=O)(=O)c1cccc(C(=O)NCC(C)CC(=O)O)c1. The molecule has 0 spiro atoms. The van der Waals surface area contributed by atoms with E-state index in [4.69, 9.17) is 5.11 Å². The largest absolute Gasteiger partial charge is 0.481 e. The number of carbonyl (C=O) groups is 2. The van der Waals surface area contributed by atoms with Crippen molar-refractivity contribution in [3.63, 3.8) is 0 Å². The zero-order chi connectivity index (χ0) is 16.0. The first-order valence-electron chi connectivity index (χ1n) is 6.59. The van der Waals surface area contributed by atoms with Crippen LogP contribution in [-0.4, -0.2) is 37.7 Å². The molecule has 0 saturated carbocycles. The number of carboxylic acids is 1. The molecule has 116 valence electrons. The zero-order valence-electron chi connectivity index (χ0n) is 12.0. The van der Waals surface area contributed by atoms with E-state index in [1.165, 1.54) is 31.2 Å². The number of rotatable bonds is 7. The smallest absolute Gasteiger partial charge is 0.303 e. The Balaban J connectivity index is 2.76. The van der Waals surface area contributed by atoms with Crippen molar-refractivity contribution in [1.29, 1.82) is 0 Å². The first kappa shape index (κ1) is 17.2. The summed E-state index contributed by atoms with van der Waals surface area (Å²) in [5.41, 5.74) is 0.243. The molecule has 0 aromatic heterocycles. The molecule has 1 aromatic rings. The van der Waals surface area contributed by atoms with E-state index in [9.17, 15) is 18.0 Å². The van der Waals surface area contributed by atoms with Crippen molar-refractivity contribution < 1.29 is 23.1 Å². The average molecular weight is 313 g/mol. The predicted molar refractivity (Wildman–Crippen MR) is 77.9 cm³/mol. The highest BCUT2D eigenvalue weighted by atomic mass is 32.2. The van der Waals surface area contributed by atoms with Crippen LogP contribution in [0.15, 0.2) is 29.2 Å². The van der Waals surface area contributed by atoms with Crippen LogP contribution in [0.3, 0.4) is 0 Å². The number of amides is 1. The maximum atomic E-state index is 11.9. The van der Waals surface area contributed by atoms with Gasteiger partial charge in [0.15, 0.2) is 9.84 Å². The fourth-order valence-electron chi connectivity index (χ4n) is 1.74. The predicted octanol–water partition coefficient (Wildman–Crippen LogP) is 1.32. The molecule has 1 unspecified atom stereocenters. The minimum Gasteiger partial charge on any atom is -0.481 e. The van der Waals surface area contributed by atoms with Gasteiger partial charge in [0.2, 0.25) is 0 Å². The Morgan fingerprint density at radius 2 is 2.00 bits per heavy atom. The molecule has 1 atom stereocenters. The van der Waals surface area contributed by atoms with E-state index < -0.39 is 21.7 Å². The number of sulfone groups is 1. The summed E-state index contributed by atoms with van der Waals surface area (Å²) in [7, 11) is -3.36. The van der Waals surface area contributed by atoms with Gasteiger partial charge in [0.1, 0.15) is 0 Å². The van der Waals surface area contributed by atoms with Gasteiger partial charge in [0.25, 0.3) is 5.91 Å². The molecule has 21 heavy (non-hydrogen) atoms. The highest BCUT2D eigenvalue weighted by Crippen LogP contribution is 2.13. The van der Waals surface area contributed by atoms with Gasteiger partial charge in [-0.1, -0.05) is 19.9 Å². The van der Waals surface area contributed by atoms with Gasteiger partial charge in [-0.15, -0.1) is 0 Å². The standard InChI is InChI=1S/C14H19NO5S/c1-3-21(19,20)12-6-4-5-11(8-12)14(18)15-9-10(2)7-13(16)17/h4-6,8,10H,3,7,9H2,1-2H3,(H,15,18)(H,16,17). The van der Waals surface area contributed by atoms with Gasteiger partial charge in [-0.3, -0.25) is 9.59 Å². The summed E-state index contributed by atoms with van der Waals surface area (Å²) in [5, 5.41) is 11.2. The molecule has 0 bridgehead atoms. The summed E-state index contributed by atoms with van der Waals surface area (Å²) in [6.45, 7) is 3.47. The quantitative estimate of drug-likeness (QED) is 0.790. The second kappa shape index (κ2) is 7.21. The van der Waals surface area contributed by atoms with Crippen LogP contribution in [0.25, 0.3) is 0 Å². The molecule has 2 N–H and O–H groups in total. The van der Waals surface area contributed by atoms with Gasteiger partial charge < -0.3 is 10.4 Å². The lowest BCUT2D eigenvalue weighted by atomic mass is 10.1. The molecule has 0 heterocycles. The topological polar surface area (TPSA) is 101 Å². The normalized spacial score (nSPS) is 12.7. The lowest BCUT2D eigenvalue weighted by Gasteiger charge is -2.11. The van der Waals surface area contributed by atoms with Crippen molar-refractivity contribution in [3.8, 4) is 0 Å². The van der Waals surface area contributed by atoms with Gasteiger partial charge in [0.05, 0.1) is 10.6 Å². The molecule has 0 aliphatic heterocycles. The minimum absolute atomic E-state index is 0.0340. The Kier molecular flexibility index (Phi) is 5.90. The van der Waals surface area contributed by atoms with E-state index in [0.29, 0.717) is 0 Å². The Bertz CT molecular complexity index is 624. The van der Waals surface area contributed by atoms with Crippen molar-refractivity contribution in [3.05, 3.63) is 29.8 Å². The number of hydrogen-bond acceptors (Lipinski definition) is 4. The maximum absolute atomic E-state index is 11.9. The van der Waals surface area contributed by atoms with Crippen LogP contribution < -0.4 is 5.32 Å². The molecular weight excluding hydrogens is 294 g/mol. The summed E-state index contributed by atoms with van der Waals surface area (Å²) in [6, 6.07) is 5.81. The zero-order valence-corrected chi connectivity index (χ0v) is 12.8. The van der Waals surface area contributed by atoms with Crippen molar-refractivity contribution in [1.82, 2.24) is 5.32 Å². The van der Waals surface area contributed by atoms with E-state index >= 15 is 0 Å². The van der Waals surface area contributed by atoms with Crippen molar-refractivity contribution >= 4 is 21.7 Å². The molecule has 1 amide bonds. The van der Waals surface area contributed by atoms with Gasteiger partial charge in [-0.25, -0.2) is 8.42 Å². The van der Waals surface area contributed by atoms with E-state index in [1.54, 1.807) is 6.92 Å². The van der Waals surface area contributed by atoms with E-state index in [1.807, 2.05) is 0 Å². The number of hydrogen-bond donors (Lipinski definition) is 2. The summed E-state index contributed by atoms with van der Waals surface area (Å²) < 4.78 is 23.5. The number of carbonyl (C=O) groups excluding carboxylic acids is 1. The monoisotopic (exact) mass is 313 g/mol. The van der Waals surface area contributed by atoms with Crippen LogP contribution in [0.5, 0.6) is 0 Å². The van der Waals surface area contributed by atoms with Crippen LogP contribution in [0.4, 0.5) is 0 Å². The van der Waals surface area contributed by atoms with E-state index in [-0.39, 0.29) is 35.1 Å². The second-order valence-corrected chi connectivity index (χ2v) is 7.12. The number of aliphatic carboxylic acids is 1. The second-order valence-electron chi connectivity index (χ2n) is 4.84. The van der Waals surface area contributed by atoms with Crippen molar-refractivity contribution in [2.24, 2.45) is 5.92 Å². The summed E-state index contributed by atoms with van der Waals surface area (Å²) in [6.07, 6.45) is -0.0372. The molecular formula is C14H19NO5S. The Morgan fingerprint density at radius 3 is 2.57 bits per heavy atom. The Labute approximate surface area is 124 Å². The lowest BCUT2D eigenvalue weighted by Crippen LogP contribution is -2.29. The van der Waals surface area contributed by atoms with Crippen LogP contribution in [0, 0.1) is 5.92 Å². The fraction of sp³-hybridized carbons (Fsp3) is 0.429. The van der Waals surface area contributed by atoms with Crippen molar-refractivity contribution in [2.75, 3.05) is 12.3 Å². The van der Waals surface area contributed by atoms with Gasteiger partial charge >= 0.3 is 5.97 Å². The van der Waals surface area contributed by atoms with Gasteiger partial charge in [0, 0.05) is 18.5 Å². The Hall–Kier alpha value is -1.89. The summed E-state index contributed by atoms with van der Waals surface area (Å²) >= 11 is 0. The first-order chi connectivity index (χ1) is 9.76. The molecule has 0 aliphatic carbocycles. The minimum atomic E-state index is -3.36. The van der Waals surface area contributed by atoms with Crippen LogP contribution in [0.2, 0.25) is 0 Å². The van der Waals surface area contributed by atoms with Crippen LogP contribution >= 0.6 is 0 Å². The van der Waals surface area contributed by atoms with E-state index in [0.717, 1.165) is 0 Å². The maximum Gasteiger partial charge on any atom is 0.303 e. The average Bonchev–Trinajstić information content (AvgIpc) is 2.44. The van der Waals surface area contributed by atoms with Crippen molar-refractivity contribution in [2.45, 2.75) is 25.2 Å². The molecule has 0 aliphatic rings. The third kappa shape index (κ3) is 5.18. The molecule has 0 saturated heterocycles. The molecule has 7 heteroatoms. The number of carboxylic acid groups (broad SMARTS) is 1. The van der Waals surface area contributed by atoms with Crippen LogP contribution in [-0.2, 0) is 14.6 Å². The van der Waals surface area contributed by atoms with Crippen LogP contribution in [0.1, 0.15) is 30.6 Å². The van der Waals surface area contributed by atoms with Gasteiger partial charge in [-0.05, 0) is 24.1 Å². The summed E-state index contributed by atoms with van der Waals surface area (Å²) in [4.78, 5) is 22.6. The number of benzene rings is 1. The first-order valence-corrected chi connectivity index (χ1v) is 8.24. The molecule has 0 radical (unpaired) electrons. The molecule has 6 nitrogen and oxygen atoms in total. The highest BCUT2D eigenvalue weighted by molar-refractivity contribution is 7.91. The van der Waals surface area contributed by atoms with Gasteiger partial charge in [-0.2, -0.15) is 0 Å². The molecule has 0 fully saturated rings. The third-order valence-electron chi connectivity index (χ3n) is 2.97.